The lowest BCUT2D eigenvalue weighted by Gasteiger charge is -2.48. The first-order valence-electron chi connectivity index (χ1n) is 5.36. The molecule has 0 aromatic heterocycles. The van der Waals surface area contributed by atoms with E-state index < -0.39 is 18.4 Å². The molecule has 3 rings (SSSR count). The number of carbonyl (C=O) groups is 2. The van der Waals surface area contributed by atoms with Crippen LogP contribution in [-0.2, 0) is 23.8 Å². The summed E-state index contributed by atoms with van der Waals surface area (Å²) >= 11 is 1.58. The molecule has 0 spiro atoms. The van der Waals surface area contributed by atoms with Crippen molar-refractivity contribution in [2.45, 2.75) is 43.6 Å². The minimum Gasteiger partial charge on any atom is -0.458 e. The van der Waals surface area contributed by atoms with Crippen molar-refractivity contribution in [2.24, 2.45) is 5.73 Å². The fourth-order valence-electron chi connectivity index (χ4n) is 2.08. The van der Waals surface area contributed by atoms with Crippen LogP contribution in [-0.4, -0.2) is 47.5 Å². The molecule has 3 aliphatic rings. The van der Waals surface area contributed by atoms with Gasteiger partial charge in [-0.25, -0.2) is 0 Å². The summed E-state index contributed by atoms with van der Waals surface area (Å²) in [5, 5.41) is -0.187. The molecule has 0 radical (unpaired) electrons. The Morgan fingerprint density at radius 3 is 2.47 bits per heavy atom. The molecule has 0 aromatic carbocycles. The van der Waals surface area contributed by atoms with Crippen LogP contribution in [0.15, 0.2) is 0 Å². The van der Waals surface area contributed by atoms with Gasteiger partial charge >= 0.3 is 11.9 Å². The number of fused-ring (bicyclic) bond motifs is 3. The molecule has 3 aliphatic heterocycles. The topological polar surface area (TPSA) is 87.8 Å². The summed E-state index contributed by atoms with van der Waals surface area (Å²) in [6, 6.07) is -0.374. The van der Waals surface area contributed by atoms with E-state index in [9.17, 15) is 9.59 Å². The summed E-state index contributed by atoms with van der Waals surface area (Å²) in [5.74, 6) is -0.0938. The number of hydrogen-bond acceptors (Lipinski definition) is 7. The number of ether oxygens (including phenoxy) is 3. The maximum absolute atomic E-state index is 11.0. The summed E-state index contributed by atoms with van der Waals surface area (Å²) in [6.45, 7) is 2.66. The highest BCUT2D eigenvalue weighted by molar-refractivity contribution is 8.00. The average Bonchev–Trinajstić information content (AvgIpc) is 2.22. The first-order chi connectivity index (χ1) is 7.99. The van der Waals surface area contributed by atoms with Crippen LogP contribution in [0.3, 0.4) is 0 Å². The predicted molar refractivity (Wildman–Crippen MR) is 60.2 cm³/mol. The fraction of sp³-hybridized carbons (Fsp3) is 0.800. The second-order valence-electron chi connectivity index (χ2n) is 4.10. The second-order valence-corrected chi connectivity index (χ2v) is 5.31. The summed E-state index contributed by atoms with van der Waals surface area (Å²) in [5.41, 5.74) is 6.01. The van der Waals surface area contributed by atoms with E-state index in [-0.39, 0.29) is 23.4 Å². The lowest BCUT2D eigenvalue weighted by atomic mass is 9.99. The first kappa shape index (κ1) is 12.7. The van der Waals surface area contributed by atoms with Crippen molar-refractivity contribution in [2.75, 3.05) is 5.75 Å². The predicted octanol–water partition coefficient (Wildman–Crippen LogP) is -0.351. The van der Waals surface area contributed by atoms with Crippen LogP contribution in [0.2, 0.25) is 0 Å². The molecule has 3 saturated heterocycles. The van der Waals surface area contributed by atoms with Gasteiger partial charge in [-0.1, -0.05) is 0 Å². The van der Waals surface area contributed by atoms with E-state index in [1.165, 1.54) is 13.8 Å². The quantitative estimate of drug-likeness (QED) is 0.680. The van der Waals surface area contributed by atoms with Gasteiger partial charge in [-0.05, 0) is 0 Å². The molecule has 0 aliphatic carbocycles. The summed E-state index contributed by atoms with van der Waals surface area (Å²) in [6.07, 6.45) is -1.41. The minimum absolute atomic E-state index is 0.187. The van der Waals surface area contributed by atoms with E-state index in [1.807, 2.05) is 0 Å². The maximum Gasteiger partial charge on any atom is 0.304 e. The first-order valence-corrected chi connectivity index (χ1v) is 6.41. The van der Waals surface area contributed by atoms with Crippen molar-refractivity contribution in [3.05, 3.63) is 0 Å². The van der Waals surface area contributed by atoms with Crippen LogP contribution in [0.1, 0.15) is 13.8 Å². The Balaban J connectivity index is 2.06. The van der Waals surface area contributed by atoms with E-state index in [2.05, 4.69) is 0 Å². The Labute approximate surface area is 103 Å². The van der Waals surface area contributed by atoms with Gasteiger partial charge in [0, 0.05) is 19.6 Å². The molecule has 0 aromatic rings. The summed E-state index contributed by atoms with van der Waals surface area (Å²) in [7, 11) is 0. The molecular weight excluding hydrogens is 246 g/mol. The molecule has 96 valence electrons. The molecule has 6 nitrogen and oxygen atoms in total. The van der Waals surface area contributed by atoms with Gasteiger partial charge in [0.25, 0.3) is 0 Å². The Morgan fingerprint density at radius 1 is 1.29 bits per heavy atom. The van der Waals surface area contributed by atoms with Crippen LogP contribution in [0.25, 0.3) is 0 Å². The zero-order valence-electron chi connectivity index (χ0n) is 9.62. The second kappa shape index (κ2) is 4.83. The third-order valence-electron chi connectivity index (χ3n) is 2.74. The van der Waals surface area contributed by atoms with Crippen molar-refractivity contribution in [3.8, 4) is 0 Å². The zero-order chi connectivity index (χ0) is 12.6. The van der Waals surface area contributed by atoms with Gasteiger partial charge < -0.3 is 19.9 Å². The lowest BCUT2D eigenvalue weighted by molar-refractivity contribution is -0.226. The highest BCUT2D eigenvalue weighted by Gasteiger charge is 2.52. The monoisotopic (exact) mass is 261 g/mol. The standard InChI is InChI=1S/C10H15NO5S/c1-4(12)14-8-6-3-17-9(7(8)11)10(16-6)15-5(2)13/h6-10H,3,11H2,1-2H3/t6-,7+,8-,9+,10?/m1/s1. The van der Waals surface area contributed by atoms with Gasteiger partial charge in [0.15, 0.2) is 0 Å². The number of thioether (sulfide) groups is 1. The number of hydrogen-bond donors (Lipinski definition) is 1. The number of rotatable bonds is 2. The lowest BCUT2D eigenvalue weighted by Crippen LogP contribution is -2.66. The van der Waals surface area contributed by atoms with Gasteiger partial charge in [-0.2, -0.15) is 0 Å². The van der Waals surface area contributed by atoms with Crippen LogP contribution in [0, 0.1) is 0 Å². The van der Waals surface area contributed by atoms with Crippen molar-refractivity contribution in [3.63, 3.8) is 0 Å². The summed E-state index contributed by atoms with van der Waals surface area (Å²) < 4.78 is 15.8. The highest BCUT2D eigenvalue weighted by atomic mass is 32.2. The molecule has 1 unspecified atom stereocenters. The highest BCUT2D eigenvalue weighted by Crippen LogP contribution is 2.38. The van der Waals surface area contributed by atoms with Crippen molar-refractivity contribution in [1.82, 2.24) is 0 Å². The molecule has 3 fully saturated rings. The molecule has 17 heavy (non-hydrogen) atoms. The molecule has 2 bridgehead atoms. The van der Waals surface area contributed by atoms with Gasteiger partial charge in [-0.3, -0.25) is 9.59 Å². The molecule has 5 atom stereocenters. The average molecular weight is 261 g/mol. The van der Waals surface area contributed by atoms with Crippen LogP contribution in [0.5, 0.6) is 0 Å². The Hall–Kier alpha value is -0.790. The number of carbonyl (C=O) groups excluding carboxylic acids is 2. The van der Waals surface area contributed by atoms with Crippen LogP contribution < -0.4 is 5.73 Å². The number of nitrogens with two attached hydrogens (primary N) is 1. The molecule has 2 N–H and O–H groups in total. The van der Waals surface area contributed by atoms with Crippen molar-refractivity contribution < 1.29 is 23.8 Å². The number of esters is 2. The Bertz CT molecular complexity index is 335. The summed E-state index contributed by atoms with van der Waals surface area (Å²) in [4.78, 5) is 21.9. The third-order valence-corrected chi connectivity index (χ3v) is 4.18. The van der Waals surface area contributed by atoms with Crippen LogP contribution >= 0.6 is 11.8 Å². The normalized spacial score (nSPS) is 39.8. The van der Waals surface area contributed by atoms with Gasteiger partial charge in [-0.15, -0.1) is 11.8 Å². The van der Waals surface area contributed by atoms with Crippen molar-refractivity contribution in [1.29, 1.82) is 0 Å². The Morgan fingerprint density at radius 2 is 1.94 bits per heavy atom. The van der Waals surface area contributed by atoms with Crippen molar-refractivity contribution >= 4 is 23.7 Å². The van der Waals surface area contributed by atoms with Crippen LogP contribution in [0.4, 0.5) is 0 Å². The van der Waals surface area contributed by atoms with Gasteiger partial charge in [0.2, 0.25) is 6.29 Å². The van der Waals surface area contributed by atoms with Gasteiger partial charge in [0.1, 0.15) is 12.2 Å². The Kier molecular flexibility index (Phi) is 3.60. The largest absolute Gasteiger partial charge is 0.458 e. The van der Waals surface area contributed by atoms with E-state index in [4.69, 9.17) is 19.9 Å². The van der Waals surface area contributed by atoms with E-state index in [0.717, 1.165) is 0 Å². The fourth-order valence-corrected chi connectivity index (χ4v) is 3.41. The maximum atomic E-state index is 11.0. The molecule has 0 saturated carbocycles. The third kappa shape index (κ3) is 2.56. The molecule has 7 heteroatoms. The molecule has 0 amide bonds. The molecular formula is C10H15NO5S. The minimum atomic E-state index is -0.641. The van der Waals surface area contributed by atoms with Gasteiger partial charge in [0.05, 0.1) is 11.3 Å². The van der Waals surface area contributed by atoms with E-state index in [1.54, 1.807) is 11.8 Å². The zero-order valence-corrected chi connectivity index (χ0v) is 10.4. The van der Waals surface area contributed by atoms with E-state index in [0.29, 0.717) is 5.75 Å². The van der Waals surface area contributed by atoms with E-state index >= 15 is 0 Å². The smallest absolute Gasteiger partial charge is 0.304 e. The SMILES string of the molecule is CC(=O)OC1O[C@@H]2CS[C@H]1[C@@H](N)[C@@H]2OC(C)=O. The molecule has 3 heterocycles.